The van der Waals surface area contributed by atoms with Crippen molar-refractivity contribution < 1.29 is 4.79 Å². The van der Waals surface area contributed by atoms with Crippen LogP contribution in [0.5, 0.6) is 0 Å². The Morgan fingerprint density at radius 3 is 2.57 bits per heavy atom. The number of nitrogens with zero attached hydrogens (tertiary/aromatic N) is 2. The lowest BCUT2D eigenvalue weighted by Crippen LogP contribution is -2.16. The number of benzene rings is 1. The van der Waals surface area contributed by atoms with E-state index in [1.54, 1.807) is 12.4 Å². The first kappa shape index (κ1) is 14.2. The molecule has 1 aromatic carbocycles. The summed E-state index contributed by atoms with van der Waals surface area (Å²) in [6.07, 6.45) is 6.11. The maximum Gasteiger partial charge on any atom is 0.179 e. The third kappa shape index (κ3) is 2.96. The number of carbonyl (C=O) groups is 1. The third-order valence-electron chi connectivity index (χ3n) is 4.00. The maximum absolute atomic E-state index is 11.5. The van der Waals surface area contributed by atoms with Gasteiger partial charge in [0.25, 0.3) is 0 Å². The number of halogens is 1. The van der Waals surface area contributed by atoms with Crippen LogP contribution in [0.2, 0.25) is 5.02 Å². The van der Waals surface area contributed by atoms with E-state index in [2.05, 4.69) is 16.0 Å². The largest absolute Gasteiger partial charge is 0.324 e. The fourth-order valence-electron chi connectivity index (χ4n) is 2.55. The van der Waals surface area contributed by atoms with Crippen molar-refractivity contribution in [1.82, 2.24) is 9.97 Å². The van der Waals surface area contributed by atoms with Gasteiger partial charge < -0.3 is 5.73 Å². The molecule has 108 valence electrons. The normalized spacial score (nSPS) is 15.7. The molecule has 0 atom stereocenters. The number of nitrogens with two attached hydrogens (primary N) is 1. The van der Waals surface area contributed by atoms with Crippen molar-refractivity contribution in [2.45, 2.75) is 24.7 Å². The second-order valence-corrected chi connectivity index (χ2v) is 5.92. The number of hydrogen-bond donors (Lipinski definition) is 1. The Hall–Kier alpha value is -1.78. The summed E-state index contributed by atoms with van der Waals surface area (Å²) in [5.41, 5.74) is 7.13. The fraction of sp³-hybridized carbons (Fsp3) is 0.312. The van der Waals surface area contributed by atoms with E-state index in [0.29, 0.717) is 5.56 Å². The molecule has 21 heavy (non-hydrogen) atoms. The van der Waals surface area contributed by atoms with Gasteiger partial charge in [-0.3, -0.25) is 4.79 Å². The summed E-state index contributed by atoms with van der Waals surface area (Å²) in [6, 6.07) is 7.97. The van der Waals surface area contributed by atoms with Gasteiger partial charge in [0.1, 0.15) is 5.82 Å². The second kappa shape index (κ2) is 5.54. The van der Waals surface area contributed by atoms with Gasteiger partial charge >= 0.3 is 0 Å². The number of rotatable bonds is 5. The van der Waals surface area contributed by atoms with Gasteiger partial charge in [-0.2, -0.15) is 0 Å². The first-order chi connectivity index (χ1) is 10.1. The Morgan fingerprint density at radius 2 is 2.00 bits per heavy atom. The van der Waals surface area contributed by atoms with Crippen LogP contribution in [0.3, 0.4) is 0 Å². The van der Waals surface area contributed by atoms with E-state index in [1.807, 2.05) is 18.2 Å². The van der Waals surface area contributed by atoms with Crippen LogP contribution < -0.4 is 5.73 Å². The summed E-state index contributed by atoms with van der Waals surface area (Å²) >= 11 is 6.07. The zero-order valence-electron chi connectivity index (χ0n) is 11.6. The lowest BCUT2D eigenvalue weighted by Gasteiger charge is -2.15. The molecule has 3 rings (SSSR count). The molecule has 0 saturated heterocycles. The van der Waals surface area contributed by atoms with Crippen molar-refractivity contribution in [1.29, 1.82) is 0 Å². The van der Waals surface area contributed by atoms with Crippen LogP contribution in [-0.2, 0) is 11.8 Å². The first-order valence-corrected chi connectivity index (χ1v) is 7.31. The second-order valence-electron chi connectivity index (χ2n) is 5.48. The molecule has 1 aromatic heterocycles. The Balaban J connectivity index is 1.79. The standard InChI is InChI=1S/C16H16ClN3O/c17-13-3-1-2-12(6-13)16(4-5-16)7-15-19-9-11(10-20-15)14(21)8-18/h1-3,6,9-10H,4-5,7-8,18H2. The monoisotopic (exact) mass is 301 g/mol. The molecule has 2 N–H and O–H groups in total. The Labute approximate surface area is 128 Å². The summed E-state index contributed by atoms with van der Waals surface area (Å²) in [6.45, 7) is -0.0187. The number of carbonyl (C=O) groups excluding carboxylic acids is 1. The highest BCUT2D eigenvalue weighted by atomic mass is 35.5. The van der Waals surface area contributed by atoms with E-state index in [1.165, 1.54) is 5.56 Å². The quantitative estimate of drug-likeness (QED) is 0.862. The molecule has 0 spiro atoms. The van der Waals surface area contributed by atoms with E-state index in [9.17, 15) is 4.79 Å². The van der Waals surface area contributed by atoms with Crippen LogP contribution in [0.1, 0.15) is 34.6 Å². The van der Waals surface area contributed by atoms with Gasteiger partial charge in [-0.25, -0.2) is 9.97 Å². The lowest BCUT2D eigenvalue weighted by molar-refractivity contribution is 0.100. The third-order valence-corrected chi connectivity index (χ3v) is 4.23. The zero-order chi connectivity index (χ0) is 14.9. The topological polar surface area (TPSA) is 68.9 Å². The van der Waals surface area contributed by atoms with Crippen molar-refractivity contribution in [3.05, 3.63) is 58.6 Å². The number of aromatic nitrogens is 2. The van der Waals surface area contributed by atoms with E-state index >= 15 is 0 Å². The van der Waals surface area contributed by atoms with Crippen LogP contribution in [0.15, 0.2) is 36.7 Å². The van der Waals surface area contributed by atoms with Crippen LogP contribution in [0.25, 0.3) is 0 Å². The van der Waals surface area contributed by atoms with E-state index in [0.717, 1.165) is 30.1 Å². The van der Waals surface area contributed by atoms with Gasteiger partial charge in [0.05, 0.1) is 12.1 Å². The molecule has 0 radical (unpaired) electrons. The molecular formula is C16H16ClN3O. The molecule has 0 amide bonds. The van der Waals surface area contributed by atoms with Gasteiger partial charge in [0.15, 0.2) is 5.78 Å². The van der Waals surface area contributed by atoms with Crippen LogP contribution in [0, 0.1) is 0 Å². The SMILES string of the molecule is NCC(=O)c1cnc(CC2(c3cccc(Cl)c3)CC2)nc1. The smallest absolute Gasteiger partial charge is 0.179 e. The highest BCUT2D eigenvalue weighted by Crippen LogP contribution is 2.50. The molecule has 0 bridgehead atoms. The summed E-state index contributed by atoms with van der Waals surface area (Å²) in [4.78, 5) is 20.1. The lowest BCUT2D eigenvalue weighted by atomic mass is 9.92. The van der Waals surface area contributed by atoms with E-state index in [4.69, 9.17) is 17.3 Å². The van der Waals surface area contributed by atoms with Gasteiger partial charge in [-0.15, -0.1) is 0 Å². The molecule has 1 aliphatic carbocycles. The summed E-state index contributed by atoms with van der Waals surface area (Å²) in [5.74, 6) is 0.610. The maximum atomic E-state index is 11.5. The highest BCUT2D eigenvalue weighted by molar-refractivity contribution is 6.30. The Morgan fingerprint density at radius 1 is 1.29 bits per heavy atom. The van der Waals surface area contributed by atoms with Crippen molar-refractivity contribution in [3.63, 3.8) is 0 Å². The average molecular weight is 302 g/mol. The minimum absolute atomic E-state index is 0.0187. The average Bonchev–Trinajstić information content (AvgIpc) is 3.28. The van der Waals surface area contributed by atoms with Crippen LogP contribution in [-0.4, -0.2) is 22.3 Å². The van der Waals surface area contributed by atoms with Crippen molar-refractivity contribution in [3.8, 4) is 0 Å². The Kier molecular flexibility index (Phi) is 3.74. The number of ketones is 1. The van der Waals surface area contributed by atoms with Crippen molar-refractivity contribution in [2.24, 2.45) is 5.73 Å². The molecule has 1 aliphatic rings. The predicted octanol–water partition coefficient (Wildman–Crippen LogP) is 2.55. The van der Waals surface area contributed by atoms with Crippen LogP contribution >= 0.6 is 11.6 Å². The van der Waals surface area contributed by atoms with Crippen molar-refractivity contribution >= 4 is 17.4 Å². The zero-order valence-corrected chi connectivity index (χ0v) is 12.3. The molecule has 1 fully saturated rings. The van der Waals surface area contributed by atoms with Crippen molar-refractivity contribution in [2.75, 3.05) is 6.54 Å². The predicted molar refractivity (Wildman–Crippen MR) is 81.5 cm³/mol. The van der Waals surface area contributed by atoms with Gasteiger partial charge in [-0.1, -0.05) is 23.7 Å². The van der Waals surface area contributed by atoms with Gasteiger partial charge in [0, 0.05) is 29.3 Å². The summed E-state index contributed by atoms with van der Waals surface area (Å²) < 4.78 is 0. The highest BCUT2D eigenvalue weighted by Gasteiger charge is 2.44. The molecule has 4 nitrogen and oxygen atoms in total. The minimum Gasteiger partial charge on any atom is -0.324 e. The number of Topliss-reactive ketones (excluding diaryl/α,β-unsaturated/α-hetero) is 1. The molecule has 0 unspecified atom stereocenters. The number of hydrogen-bond acceptors (Lipinski definition) is 4. The molecule has 2 aromatic rings. The molecule has 5 heteroatoms. The minimum atomic E-state index is -0.141. The van der Waals surface area contributed by atoms with E-state index in [-0.39, 0.29) is 17.7 Å². The van der Waals surface area contributed by atoms with E-state index < -0.39 is 0 Å². The molecule has 0 aliphatic heterocycles. The Bertz CT molecular complexity index is 665. The van der Waals surface area contributed by atoms with Gasteiger partial charge in [-0.05, 0) is 30.5 Å². The molecule has 1 saturated carbocycles. The van der Waals surface area contributed by atoms with Crippen LogP contribution in [0.4, 0.5) is 0 Å². The summed E-state index contributed by atoms with van der Waals surface area (Å²) in [5, 5.41) is 0.753. The molecular weight excluding hydrogens is 286 g/mol. The fourth-order valence-corrected chi connectivity index (χ4v) is 2.74. The first-order valence-electron chi connectivity index (χ1n) is 6.93. The van der Waals surface area contributed by atoms with Gasteiger partial charge in [0.2, 0.25) is 0 Å². The molecule has 1 heterocycles. The summed E-state index contributed by atoms with van der Waals surface area (Å²) in [7, 11) is 0.